The Labute approximate surface area is 165 Å². The first-order valence-electron chi connectivity index (χ1n) is 8.55. The van der Waals surface area contributed by atoms with Gasteiger partial charge in [0.1, 0.15) is 5.75 Å². The molecule has 2 aromatic heterocycles. The molecule has 0 radical (unpaired) electrons. The number of hydrogen-bond donors (Lipinski definition) is 2. The average Bonchev–Trinajstić information content (AvgIpc) is 3.01. The molecule has 0 spiro atoms. The molecular weight excluding hydrogens is 391 g/mol. The van der Waals surface area contributed by atoms with E-state index in [1.165, 1.54) is 24.0 Å². The number of benzene rings is 1. The van der Waals surface area contributed by atoms with E-state index in [-0.39, 0.29) is 11.9 Å². The zero-order valence-electron chi connectivity index (χ0n) is 15.7. The lowest BCUT2D eigenvalue weighted by Gasteiger charge is -2.13. The van der Waals surface area contributed by atoms with E-state index in [1.54, 1.807) is 20.8 Å². The smallest absolute Gasteiger partial charge is 0.422 e. The van der Waals surface area contributed by atoms with Crippen molar-refractivity contribution < 1.29 is 23.0 Å². The summed E-state index contributed by atoms with van der Waals surface area (Å²) >= 11 is 1.44. The fraction of sp³-hybridized carbons (Fsp3) is 0.368. The Bertz CT molecular complexity index is 862. The molecule has 0 fully saturated rings. The first-order chi connectivity index (χ1) is 13.2. The Balaban J connectivity index is 0.000000640. The second-order valence-electron chi connectivity index (χ2n) is 6.23. The Morgan fingerprint density at radius 3 is 2.54 bits per heavy atom. The number of aromatic amines is 1. The quantitative estimate of drug-likeness (QED) is 0.583. The molecule has 2 N–H and O–H groups in total. The van der Waals surface area contributed by atoms with Crippen LogP contribution in [0.15, 0.2) is 41.7 Å². The molecule has 2 heterocycles. The standard InChI is InChI=1S/C16H14F3N3OS.C3H8O/c1-10-13(20-7-6-14(10)23-9-16(17,18)19)8-24-15-21-11-4-2-3-5-12(11)22-15;1-3(2)4/h2-7H,8-9H2,1H3,(H,21,22);3-4H,1-2H3. The maximum Gasteiger partial charge on any atom is 0.422 e. The van der Waals surface area contributed by atoms with Crippen LogP contribution >= 0.6 is 11.8 Å². The van der Waals surface area contributed by atoms with E-state index in [4.69, 9.17) is 9.84 Å². The summed E-state index contributed by atoms with van der Waals surface area (Å²) in [4.78, 5) is 11.9. The lowest BCUT2D eigenvalue weighted by atomic mass is 10.2. The van der Waals surface area contributed by atoms with Crippen molar-refractivity contribution in [3.63, 3.8) is 0 Å². The van der Waals surface area contributed by atoms with Gasteiger partial charge in [0.15, 0.2) is 11.8 Å². The van der Waals surface area contributed by atoms with Gasteiger partial charge in [0.25, 0.3) is 0 Å². The third kappa shape index (κ3) is 7.05. The number of nitrogens with one attached hydrogen (secondary N) is 1. The van der Waals surface area contributed by atoms with Gasteiger partial charge in [-0.15, -0.1) is 0 Å². The SMILES string of the molecule is CC(C)O.Cc1c(OCC(F)(F)F)ccnc1CSc1nc2ccccc2[nH]1. The van der Waals surface area contributed by atoms with Crippen LogP contribution in [0.2, 0.25) is 0 Å². The second-order valence-corrected chi connectivity index (χ2v) is 7.19. The molecule has 0 aliphatic rings. The molecule has 9 heteroatoms. The number of fused-ring (bicyclic) bond motifs is 1. The number of alkyl halides is 3. The fourth-order valence-electron chi connectivity index (χ4n) is 2.15. The van der Waals surface area contributed by atoms with Crippen LogP contribution in [0.3, 0.4) is 0 Å². The minimum atomic E-state index is -4.36. The minimum absolute atomic E-state index is 0.167. The molecule has 5 nitrogen and oxygen atoms in total. The van der Waals surface area contributed by atoms with Crippen molar-refractivity contribution in [2.45, 2.75) is 44.0 Å². The summed E-state index contributed by atoms with van der Waals surface area (Å²) in [5.41, 5.74) is 3.07. The van der Waals surface area contributed by atoms with Crippen molar-refractivity contribution in [1.29, 1.82) is 0 Å². The van der Waals surface area contributed by atoms with E-state index in [2.05, 4.69) is 15.0 Å². The van der Waals surface area contributed by atoms with E-state index < -0.39 is 12.8 Å². The topological polar surface area (TPSA) is 71.0 Å². The van der Waals surface area contributed by atoms with E-state index in [0.717, 1.165) is 16.2 Å². The summed E-state index contributed by atoms with van der Waals surface area (Å²) in [5, 5.41) is 8.79. The normalized spacial score (nSPS) is 11.4. The molecule has 28 heavy (non-hydrogen) atoms. The van der Waals surface area contributed by atoms with Crippen molar-refractivity contribution in [3.8, 4) is 5.75 Å². The molecule has 3 aromatic rings. The zero-order valence-corrected chi connectivity index (χ0v) is 16.6. The first-order valence-corrected chi connectivity index (χ1v) is 9.54. The summed E-state index contributed by atoms with van der Waals surface area (Å²) in [6, 6.07) is 9.11. The molecule has 0 aliphatic heterocycles. The summed E-state index contributed by atoms with van der Waals surface area (Å²) in [5.74, 6) is 0.678. The molecular formula is C19H22F3N3O2S. The number of ether oxygens (including phenoxy) is 1. The number of H-pyrrole nitrogens is 1. The number of rotatable bonds is 5. The van der Waals surface area contributed by atoms with Gasteiger partial charge >= 0.3 is 6.18 Å². The molecule has 0 bridgehead atoms. The zero-order chi connectivity index (χ0) is 20.7. The monoisotopic (exact) mass is 413 g/mol. The van der Waals surface area contributed by atoms with Gasteiger partial charge < -0.3 is 14.8 Å². The van der Waals surface area contributed by atoms with Crippen molar-refractivity contribution in [1.82, 2.24) is 15.0 Å². The van der Waals surface area contributed by atoms with Crippen LogP contribution in [-0.4, -0.2) is 38.9 Å². The van der Waals surface area contributed by atoms with Gasteiger partial charge in [-0.2, -0.15) is 13.2 Å². The molecule has 0 aliphatic carbocycles. The van der Waals surface area contributed by atoms with E-state index in [1.807, 2.05) is 24.3 Å². The Kier molecular flexibility index (Phi) is 7.70. The van der Waals surface area contributed by atoms with Crippen LogP contribution in [0.25, 0.3) is 11.0 Å². The van der Waals surface area contributed by atoms with Crippen LogP contribution in [0.5, 0.6) is 5.75 Å². The molecule has 0 unspecified atom stereocenters. The number of pyridine rings is 1. The van der Waals surface area contributed by atoms with Crippen molar-refractivity contribution in [2.24, 2.45) is 0 Å². The summed E-state index contributed by atoms with van der Waals surface area (Å²) in [7, 11) is 0. The molecule has 0 atom stereocenters. The number of para-hydroxylation sites is 2. The highest BCUT2D eigenvalue weighted by Crippen LogP contribution is 2.28. The van der Waals surface area contributed by atoms with Gasteiger partial charge in [-0.25, -0.2) is 4.98 Å². The van der Waals surface area contributed by atoms with E-state index in [0.29, 0.717) is 17.0 Å². The molecule has 3 rings (SSSR count). The highest BCUT2D eigenvalue weighted by molar-refractivity contribution is 7.98. The van der Waals surface area contributed by atoms with Gasteiger partial charge in [-0.05, 0) is 39.0 Å². The van der Waals surface area contributed by atoms with E-state index in [9.17, 15) is 13.2 Å². The third-order valence-electron chi connectivity index (χ3n) is 3.36. The largest absolute Gasteiger partial charge is 0.484 e. The average molecular weight is 413 g/mol. The number of halogens is 3. The van der Waals surface area contributed by atoms with Gasteiger partial charge in [0.2, 0.25) is 0 Å². The third-order valence-corrected chi connectivity index (χ3v) is 4.25. The molecule has 152 valence electrons. The Hall–Kier alpha value is -2.26. The van der Waals surface area contributed by atoms with Gasteiger partial charge in [-0.3, -0.25) is 4.98 Å². The number of imidazole rings is 1. The fourth-order valence-corrected chi connectivity index (χ4v) is 3.06. The number of thioether (sulfide) groups is 1. The first kappa shape index (κ1) is 22.0. The van der Waals surface area contributed by atoms with Crippen LogP contribution in [-0.2, 0) is 5.75 Å². The number of hydrogen-bond acceptors (Lipinski definition) is 5. The summed E-state index contributed by atoms with van der Waals surface area (Å²) < 4.78 is 41.7. The molecule has 1 aromatic carbocycles. The number of aromatic nitrogens is 3. The highest BCUT2D eigenvalue weighted by atomic mass is 32.2. The summed E-state index contributed by atoms with van der Waals surface area (Å²) in [6.07, 6.45) is -3.08. The second kappa shape index (κ2) is 9.79. The Morgan fingerprint density at radius 1 is 1.21 bits per heavy atom. The molecule has 0 saturated heterocycles. The van der Waals surface area contributed by atoms with E-state index >= 15 is 0 Å². The van der Waals surface area contributed by atoms with Crippen molar-refractivity contribution >= 4 is 22.8 Å². The molecule has 0 amide bonds. The highest BCUT2D eigenvalue weighted by Gasteiger charge is 2.28. The van der Waals surface area contributed by atoms with Gasteiger partial charge in [0.05, 0.1) is 16.7 Å². The lowest BCUT2D eigenvalue weighted by molar-refractivity contribution is -0.153. The van der Waals surface area contributed by atoms with Crippen LogP contribution in [0.1, 0.15) is 25.1 Å². The predicted molar refractivity (Wildman–Crippen MR) is 104 cm³/mol. The van der Waals surface area contributed by atoms with Crippen LogP contribution in [0.4, 0.5) is 13.2 Å². The van der Waals surface area contributed by atoms with Gasteiger partial charge in [-0.1, -0.05) is 23.9 Å². The van der Waals surface area contributed by atoms with Crippen LogP contribution in [0, 0.1) is 6.92 Å². The number of nitrogens with zero attached hydrogens (tertiary/aromatic N) is 2. The Morgan fingerprint density at radius 2 is 1.89 bits per heavy atom. The maximum absolute atomic E-state index is 12.3. The lowest BCUT2D eigenvalue weighted by Crippen LogP contribution is -2.19. The van der Waals surface area contributed by atoms with Crippen molar-refractivity contribution in [2.75, 3.05) is 6.61 Å². The maximum atomic E-state index is 12.3. The van der Waals surface area contributed by atoms with Crippen molar-refractivity contribution in [3.05, 3.63) is 47.8 Å². The van der Waals surface area contributed by atoms with Crippen LogP contribution < -0.4 is 4.74 Å². The number of aliphatic hydroxyl groups excluding tert-OH is 1. The predicted octanol–water partition coefficient (Wildman–Crippen LogP) is 4.89. The molecule has 0 saturated carbocycles. The van der Waals surface area contributed by atoms with Gasteiger partial charge in [0, 0.05) is 23.6 Å². The number of aliphatic hydroxyl groups is 1. The minimum Gasteiger partial charge on any atom is -0.484 e. The summed E-state index contributed by atoms with van der Waals surface area (Å²) in [6.45, 7) is 3.83.